The molecule has 0 aliphatic heterocycles. The predicted octanol–water partition coefficient (Wildman–Crippen LogP) is 2.65. The average Bonchev–Trinajstić information content (AvgIpc) is 2.26. The van der Waals surface area contributed by atoms with Gasteiger partial charge in [0.25, 0.3) is 0 Å². The van der Waals surface area contributed by atoms with E-state index in [1.54, 1.807) is 24.1 Å². The van der Waals surface area contributed by atoms with Crippen LogP contribution in [0.4, 0.5) is 11.4 Å². The van der Waals surface area contributed by atoms with Crippen LogP contribution in [-0.4, -0.2) is 18.9 Å². The highest BCUT2D eigenvalue weighted by atomic mass is 16.2. The summed E-state index contributed by atoms with van der Waals surface area (Å²) in [5.74, 6) is -0.0587. The van der Waals surface area contributed by atoms with Crippen molar-refractivity contribution >= 4 is 23.2 Å². The summed E-state index contributed by atoms with van der Waals surface area (Å²) < 4.78 is 0. The fraction of sp³-hybridized carbons (Fsp3) is 0.429. The number of nitrogens with one attached hydrogen (secondary N) is 1. The number of amides is 2. The highest BCUT2D eigenvalue weighted by molar-refractivity contribution is 5.96. The number of carbonyl (C=O) groups is 2. The van der Waals surface area contributed by atoms with Gasteiger partial charge in [-0.1, -0.05) is 20.8 Å². The van der Waals surface area contributed by atoms with E-state index in [1.165, 1.54) is 6.92 Å². The van der Waals surface area contributed by atoms with Crippen molar-refractivity contribution in [2.45, 2.75) is 27.7 Å². The van der Waals surface area contributed by atoms with Crippen LogP contribution in [0, 0.1) is 5.41 Å². The minimum Gasteiger partial charge on any atom is -0.326 e. The van der Waals surface area contributed by atoms with Crippen molar-refractivity contribution < 1.29 is 9.59 Å². The minimum atomic E-state index is -0.412. The normalized spacial score (nSPS) is 10.9. The standard InChI is InChI=1S/C14H20N2O2/c1-10(17)15-11-6-8-12(9-7-11)16(5)13(18)14(2,3)4/h6-9H,1-5H3,(H,15,17). The quantitative estimate of drug-likeness (QED) is 0.874. The predicted molar refractivity (Wildman–Crippen MR) is 73.6 cm³/mol. The largest absolute Gasteiger partial charge is 0.326 e. The Balaban J connectivity index is 2.85. The van der Waals surface area contributed by atoms with Crippen molar-refractivity contribution in [2.75, 3.05) is 17.3 Å². The highest BCUT2D eigenvalue weighted by Crippen LogP contribution is 2.23. The fourth-order valence-electron chi connectivity index (χ4n) is 1.59. The van der Waals surface area contributed by atoms with Crippen molar-refractivity contribution in [1.82, 2.24) is 0 Å². The van der Waals surface area contributed by atoms with Gasteiger partial charge in [-0.2, -0.15) is 0 Å². The first-order chi connectivity index (χ1) is 8.21. The summed E-state index contributed by atoms with van der Waals surface area (Å²) in [5, 5.41) is 2.69. The molecular formula is C14H20N2O2. The zero-order valence-electron chi connectivity index (χ0n) is 11.6. The summed E-state index contributed by atoms with van der Waals surface area (Å²) in [4.78, 5) is 24.6. The topological polar surface area (TPSA) is 49.4 Å². The van der Waals surface area contributed by atoms with Gasteiger partial charge >= 0.3 is 0 Å². The van der Waals surface area contributed by atoms with Gasteiger partial charge in [0.05, 0.1) is 0 Å². The molecule has 0 saturated carbocycles. The number of carbonyl (C=O) groups excluding carboxylic acids is 2. The Morgan fingerprint density at radius 3 is 2.00 bits per heavy atom. The van der Waals surface area contributed by atoms with Crippen LogP contribution < -0.4 is 10.2 Å². The maximum atomic E-state index is 12.1. The van der Waals surface area contributed by atoms with Crippen LogP contribution in [0.5, 0.6) is 0 Å². The molecule has 18 heavy (non-hydrogen) atoms. The van der Waals surface area contributed by atoms with Gasteiger partial charge < -0.3 is 10.2 Å². The first-order valence-corrected chi connectivity index (χ1v) is 5.87. The molecular weight excluding hydrogens is 228 g/mol. The van der Waals surface area contributed by atoms with E-state index in [1.807, 2.05) is 32.9 Å². The van der Waals surface area contributed by atoms with E-state index in [4.69, 9.17) is 0 Å². The van der Waals surface area contributed by atoms with Gasteiger partial charge in [-0.3, -0.25) is 9.59 Å². The Morgan fingerprint density at radius 1 is 1.11 bits per heavy atom. The lowest BCUT2D eigenvalue weighted by Gasteiger charge is -2.26. The van der Waals surface area contributed by atoms with Crippen LogP contribution >= 0.6 is 0 Å². The van der Waals surface area contributed by atoms with Crippen molar-refractivity contribution in [3.05, 3.63) is 24.3 Å². The molecule has 2 amide bonds. The molecule has 0 heterocycles. The molecule has 1 aromatic rings. The Morgan fingerprint density at radius 2 is 1.61 bits per heavy atom. The molecule has 0 atom stereocenters. The van der Waals surface area contributed by atoms with E-state index in [2.05, 4.69) is 5.32 Å². The molecule has 0 aromatic heterocycles. The second kappa shape index (κ2) is 5.21. The summed E-state index contributed by atoms with van der Waals surface area (Å²) in [5.41, 5.74) is 1.12. The first kappa shape index (κ1) is 14.2. The summed E-state index contributed by atoms with van der Waals surface area (Å²) >= 11 is 0. The van der Waals surface area contributed by atoms with Gasteiger partial charge in [0, 0.05) is 30.8 Å². The number of nitrogens with zero attached hydrogens (tertiary/aromatic N) is 1. The lowest BCUT2D eigenvalue weighted by Crippen LogP contribution is -2.36. The molecule has 0 saturated heterocycles. The van der Waals surface area contributed by atoms with Gasteiger partial charge in [-0.05, 0) is 24.3 Å². The Kier molecular flexibility index (Phi) is 4.11. The van der Waals surface area contributed by atoms with Crippen molar-refractivity contribution in [3.8, 4) is 0 Å². The average molecular weight is 248 g/mol. The molecule has 0 aliphatic rings. The molecule has 0 unspecified atom stereocenters. The zero-order valence-corrected chi connectivity index (χ0v) is 11.6. The minimum absolute atomic E-state index is 0.0507. The number of rotatable bonds is 2. The Hall–Kier alpha value is -1.84. The van der Waals surface area contributed by atoms with Crippen LogP contribution in [0.1, 0.15) is 27.7 Å². The van der Waals surface area contributed by atoms with Crippen molar-refractivity contribution in [3.63, 3.8) is 0 Å². The molecule has 1 rings (SSSR count). The molecule has 1 N–H and O–H groups in total. The third-order valence-electron chi connectivity index (χ3n) is 2.52. The van der Waals surface area contributed by atoms with Gasteiger partial charge in [-0.25, -0.2) is 0 Å². The lowest BCUT2D eigenvalue weighted by atomic mass is 9.95. The summed E-state index contributed by atoms with van der Waals surface area (Å²) in [6.07, 6.45) is 0. The van der Waals surface area contributed by atoms with E-state index in [-0.39, 0.29) is 11.8 Å². The Bertz CT molecular complexity index is 444. The van der Waals surface area contributed by atoms with Gasteiger partial charge in [0.1, 0.15) is 0 Å². The van der Waals surface area contributed by atoms with Crippen LogP contribution in [0.2, 0.25) is 0 Å². The van der Waals surface area contributed by atoms with Crippen LogP contribution in [0.25, 0.3) is 0 Å². The van der Waals surface area contributed by atoms with E-state index in [9.17, 15) is 9.59 Å². The number of hydrogen-bond acceptors (Lipinski definition) is 2. The Labute approximate surface area is 108 Å². The number of anilines is 2. The smallest absolute Gasteiger partial charge is 0.232 e. The molecule has 0 aliphatic carbocycles. The van der Waals surface area contributed by atoms with Gasteiger partial charge in [-0.15, -0.1) is 0 Å². The van der Waals surface area contributed by atoms with E-state index in [0.717, 1.165) is 11.4 Å². The van der Waals surface area contributed by atoms with E-state index >= 15 is 0 Å². The third-order valence-corrected chi connectivity index (χ3v) is 2.52. The lowest BCUT2D eigenvalue weighted by molar-refractivity contribution is -0.125. The second-order valence-electron chi connectivity index (χ2n) is 5.34. The molecule has 1 aromatic carbocycles. The molecule has 0 fully saturated rings. The SMILES string of the molecule is CC(=O)Nc1ccc(N(C)C(=O)C(C)(C)C)cc1. The maximum absolute atomic E-state index is 12.1. The summed E-state index contributed by atoms with van der Waals surface area (Å²) in [7, 11) is 1.75. The summed E-state index contributed by atoms with van der Waals surface area (Å²) in [6.45, 7) is 7.12. The first-order valence-electron chi connectivity index (χ1n) is 5.87. The van der Waals surface area contributed by atoms with Crippen LogP contribution in [-0.2, 0) is 9.59 Å². The molecule has 98 valence electrons. The molecule has 0 spiro atoms. The van der Waals surface area contributed by atoms with E-state index in [0.29, 0.717) is 0 Å². The zero-order chi connectivity index (χ0) is 13.9. The van der Waals surface area contributed by atoms with Gasteiger partial charge in [0.15, 0.2) is 0 Å². The highest BCUT2D eigenvalue weighted by Gasteiger charge is 2.25. The van der Waals surface area contributed by atoms with Gasteiger partial charge in [0.2, 0.25) is 11.8 Å². The van der Waals surface area contributed by atoms with E-state index < -0.39 is 5.41 Å². The molecule has 4 nitrogen and oxygen atoms in total. The second-order valence-corrected chi connectivity index (χ2v) is 5.34. The third kappa shape index (κ3) is 3.58. The fourth-order valence-corrected chi connectivity index (χ4v) is 1.59. The molecule has 0 radical (unpaired) electrons. The molecule has 4 heteroatoms. The summed E-state index contributed by atoms with van der Waals surface area (Å²) in [6, 6.07) is 7.19. The number of hydrogen-bond donors (Lipinski definition) is 1. The maximum Gasteiger partial charge on any atom is 0.232 e. The van der Waals surface area contributed by atoms with Crippen LogP contribution in [0.15, 0.2) is 24.3 Å². The molecule has 0 bridgehead atoms. The van der Waals surface area contributed by atoms with Crippen molar-refractivity contribution in [1.29, 1.82) is 0 Å². The monoisotopic (exact) mass is 248 g/mol. The van der Waals surface area contributed by atoms with Crippen molar-refractivity contribution in [2.24, 2.45) is 5.41 Å². The van der Waals surface area contributed by atoms with Crippen LogP contribution in [0.3, 0.4) is 0 Å². The number of benzene rings is 1.